The standard InChI is InChI=1S/C21H25N3O4/c1-15-3-5-18(26-2)17(13-15)23-20(25)16-4-6-19(22-14-16)24-9-7-21(8-10-24)27-11-12-28-21/h3-6,13-14H,7-12H2,1-2H3,(H,23,25). The lowest BCUT2D eigenvalue weighted by Gasteiger charge is -2.38. The lowest BCUT2D eigenvalue weighted by Crippen LogP contribution is -2.45. The van der Waals surface area contributed by atoms with E-state index >= 15 is 0 Å². The Kier molecular flexibility index (Phi) is 5.19. The first-order valence-corrected chi connectivity index (χ1v) is 9.53. The second kappa shape index (κ2) is 7.77. The van der Waals surface area contributed by atoms with Gasteiger partial charge in [-0.1, -0.05) is 6.07 Å². The van der Waals surface area contributed by atoms with Crippen molar-refractivity contribution in [2.24, 2.45) is 0 Å². The molecule has 4 rings (SSSR count). The van der Waals surface area contributed by atoms with Crippen LogP contribution >= 0.6 is 0 Å². The van der Waals surface area contributed by atoms with Crippen molar-refractivity contribution in [3.8, 4) is 5.75 Å². The number of aryl methyl sites for hydroxylation is 1. The molecule has 0 unspecified atom stereocenters. The van der Waals surface area contributed by atoms with Crippen molar-refractivity contribution in [3.05, 3.63) is 47.7 Å². The number of nitrogens with one attached hydrogen (secondary N) is 1. The van der Waals surface area contributed by atoms with Crippen LogP contribution in [0.2, 0.25) is 0 Å². The zero-order valence-corrected chi connectivity index (χ0v) is 16.2. The van der Waals surface area contributed by atoms with Crippen molar-refractivity contribution < 1.29 is 19.0 Å². The molecule has 7 heteroatoms. The third-order valence-corrected chi connectivity index (χ3v) is 5.28. The van der Waals surface area contributed by atoms with Gasteiger partial charge in [0.25, 0.3) is 5.91 Å². The summed E-state index contributed by atoms with van der Waals surface area (Å²) in [6, 6.07) is 9.35. The number of benzene rings is 1. The van der Waals surface area contributed by atoms with Crippen molar-refractivity contribution in [1.82, 2.24) is 4.98 Å². The van der Waals surface area contributed by atoms with Crippen LogP contribution in [0.1, 0.15) is 28.8 Å². The number of nitrogens with zero attached hydrogens (tertiary/aromatic N) is 2. The van der Waals surface area contributed by atoms with Crippen molar-refractivity contribution >= 4 is 17.4 Å². The Balaban J connectivity index is 1.41. The molecule has 1 amide bonds. The van der Waals surface area contributed by atoms with Gasteiger partial charge < -0.3 is 24.4 Å². The number of aromatic nitrogens is 1. The molecule has 2 aliphatic heterocycles. The van der Waals surface area contributed by atoms with E-state index in [2.05, 4.69) is 15.2 Å². The van der Waals surface area contributed by atoms with Crippen LogP contribution < -0.4 is 15.0 Å². The number of methoxy groups -OCH3 is 1. The van der Waals surface area contributed by atoms with E-state index in [1.54, 1.807) is 19.4 Å². The summed E-state index contributed by atoms with van der Waals surface area (Å²) in [5.74, 6) is 0.872. The number of pyridine rings is 1. The van der Waals surface area contributed by atoms with Crippen molar-refractivity contribution in [3.63, 3.8) is 0 Å². The Bertz CT molecular complexity index is 837. The first-order valence-electron chi connectivity index (χ1n) is 9.53. The van der Waals surface area contributed by atoms with Gasteiger partial charge in [-0.05, 0) is 36.8 Å². The fourth-order valence-corrected chi connectivity index (χ4v) is 3.68. The average molecular weight is 383 g/mol. The van der Waals surface area contributed by atoms with Crippen molar-refractivity contribution in [1.29, 1.82) is 0 Å². The van der Waals surface area contributed by atoms with E-state index < -0.39 is 5.79 Å². The normalized spacial score (nSPS) is 18.3. The van der Waals surface area contributed by atoms with E-state index in [4.69, 9.17) is 14.2 Å². The molecule has 0 atom stereocenters. The minimum absolute atomic E-state index is 0.215. The lowest BCUT2D eigenvalue weighted by atomic mass is 10.0. The maximum Gasteiger partial charge on any atom is 0.257 e. The van der Waals surface area contributed by atoms with Gasteiger partial charge in [-0.3, -0.25) is 4.79 Å². The maximum atomic E-state index is 12.6. The Labute approximate surface area is 164 Å². The van der Waals surface area contributed by atoms with Gasteiger partial charge >= 0.3 is 0 Å². The molecule has 7 nitrogen and oxygen atoms in total. The highest BCUT2D eigenvalue weighted by Gasteiger charge is 2.40. The maximum absolute atomic E-state index is 12.6. The predicted octanol–water partition coefficient (Wildman–Crippen LogP) is 2.99. The molecule has 1 aromatic carbocycles. The molecule has 2 aliphatic rings. The average Bonchev–Trinajstić information content (AvgIpc) is 3.17. The van der Waals surface area contributed by atoms with Crippen LogP contribution in [-0.2, 0) is 9.47 Å². The van der Waals surface area contributed by atoms with Gasteiger partial charge in [-0.15, -0.1) is 0 Å². The number of hydrogen-bond donors (Lipinski definition) is 1. The lowest BCUT2D eigenvalue weighted by molar-refractivity contribution is -0.169. The molecule has 3 heterocycles. The van der Waals surface area contributed by atoms with Gasteiger partial charge in [0.1, 0.15) is 11.6 Å². The topological polar surface area (TPSA) is 72.9 Å². The molecular formula is C21H25N3O4. The van der Waals surface area contributed by atoms with Gasteiger partial charge in [0.05, 0.1) is 31.6 Å². The van der Waals surface area contributed by atoms with Crippen LogP contribution in [0.15, 0.2) is 36.5 Å². The highest BCUT2D eigenvalue weighted by atomic mass is 16.7. The number of carbonyl (C=O) groups excluding carboxylic acids is 1. The highest BCUT2D eigenvalue weighted by molar-refractivity contribution is 6.05. The summed E-state index contributed by atoms with van der Waals surface area (Å²) in [4.78, 5) is 19.3. The molecule has 148 valence electrons. The smallest absolute Gasteiger partial charge is 0.257 e. The van der Waals surface area contributed by atoms with Gasteiger partial charge in [0.15, 0.2) is 5.79 Å². The van der Waals surface area contributed by atoms with Crippen LogP contribution in [0.5, 0.6) is 5.75 Å². The van der Waals surface area contributed by atoms with Crippen LogP contribution in [0.3, 0.4) is 0 Å². The molecule has 1 spiro atoms. The van der Waals surface area contributed by atoms with Gasteiger partial charge in [-0.25, -0.2) is 4.98 Å². The molecular weight excluding hydrogens is 358 g/mol. The van der Waals surface area contributed by atoms with Gasteiger partial charge in [0.2, 0.25) is 0 Å². The predicted molar refractivity (Wildman–Crippen MR) is 106 cm³/mol. The largest absolute Gasteiger partial charge is 0.495 e. The first kappa shape index (κ1) is 18.7. The van der Waals surface area contributed by atoms with E-state index in [1.165, 1.54) is 0 Å². The van der Waals surface area contributed by atoms with Crippen molar-refractivity contribution in [2.75, 3.05) is 43.6 Å². The van der Waals surface area contributed by atoms with E-state index in [0.29, 0.717) is 30.2 Å². The minimum atomic E-state index is -0.400. The molecule has 2 saturated heterocycles. The number of carbonyl (C=O) groups is 1. The molecule has 0 aliphatic carbocycles. The quantitative estimate of drug-likeness (QED) is 0.875. The fourth-order valence-electron chi connectivity index (χ4n) is 3.68. The Morgan fingerprint density at radius 1 is 1.18 bits per heavy atom. The number of hydrogen-bond acceptors (Lipinski definition) is 6. The van der Waals surface area contributed by atoms with Crippen LogP contribution in [-0.4, -0.2) is 50.1 Å². The SMILES string of the molecule is COc1ccc(C)cc1NC(=O)c1ccc(N2CCC3(CC2)OCCO3)nc1. The highest BCUT2D eigenvalue weighted by Crippen LogP contribution is 2.32. The third-order valence-electron chi connectivity index (χ3n) is 5.28. The van der Waals surface area contributed by atoms with Crippen LogP contribution in [0.4, 0.5) is 11.5 Å². The monoisotopic (exact) mass is 383 g/mol. The summed E-state index contributed by atoms with van der Waals surface area (Å²) in [6.07, 6.45) is 3.26. The van der Waals surface area contributed by atoms with E-state index in [9.17, 15) is 4.79 Å². The summed E-state index contributed by atoms with van der Waals surface area (Å²) >= 11 is 0. The van der Waals surface area contributed by atoms with Crippen molar-refractivity contribution in [2.45, 2.75) is 25.6 Å². The van der Waals surface area contributed by atoms with Gasteiger partial charge in [-0.2, -0.15) is 0 Å². The molecule has 2 fully saturated rings. The number of rotatable bonds is 4. The summed E-state index contributed by atoms with van der Waals surface area (Å²) < 4.78 is 16.9. The first-order chi connectivity index (χ1) is 13.6. The van der Waals surface area contributed by atoms with Crippen LogP contribution in [0, 0.1) is 6.92 Å². The van der Waals surface area contributed by atoms with Gasteiger partial charge in [0, 0.05) is 32.1 Å². The molecule has 28 heavy (non-hydrogen) atoms. The molecule has 0 saturated carbocycles. The molecule has 1 N–H and O–H groups in total. The van der Waals surface area contributed by atoms with E-state index in [-0.39, 0.29) is 5.91 Å². The number of ether oxygens (including phenoxy) is 3. The number of piperidine rings is 1. The zero-order chi connectivity index (χ0) is 19.6. The Morgan fingerprint density at radius 3 is 2.57 bits per heavy atom. The zero-order valence-electron chi connectivity index (χ0n) is 16.2. The Morgan fingerprint density at radius 2 is 1.93 bits per heavy atom. The van der Waals surface area contributed by atoms with Crippen LogP contribution in [0.25, 0.3) is 0 Å². The van der Waals surface area contributed by atoms with E-state index in [1.807, 2.05) is 31.2 Å². The summed E-state index contributed by atoms with van der Waals surface area (Å²) in [7, 11) is 1.58. The summed E-state index contributed by atoms with van der Waals surface area (Å²) in [6.45, 7) is 4.95. The third kappa shape index (κ3) is 3.81. The molecule has 0 radical (unpaired) electrons. The Hall–Kier alpha value is -2.64. The molecule has 2 aromatic rings. The second-order valence-electron chi connectivity index (χ2n) is 7.16. The molecule has 1 aromatic heterocycles. The molecule has 0 bridgehead atoms. The number of amides is 1. The second-order valence-corrected chi connectivity index (χ2v) is 7.16. The number of anilines is 2. The summed E-state index contributed by atoms with van der Waals surface area (Å²) in [5.41, 5.74) is 2.19. The van der Waals surface area contributed by atoms with E-state index in [0.717, 1.165) is 37.3 Å². The minimum Gasteiger partial charge on any atom is -0.495 e. The summed E-state index contributed by atoms with van der Waals surface area (Å²) in [5, 5.41) is 2.90. The fraction of sp³-hybridized carbons (Fsp3) is 0.429.